The Morgan fingerprint density at radius 1 is 1.25 bits per heavy atom. The number of ether oxygens (including phenoxy) is 1. The molecule has 1 saturated heterocycles. The maximum atomic E-state index is 11.2. The minimum atomic E-state index is -1.32. The summed E-state index contributed by atoms with van der Waals surface area (Å²) in [6.45, 7) is 12.5. The van der Waals surface area contributed by atoms with Crippen LogP contribution in [0.1, 0.15) is 0 Å². The highest BCUT2D eigenvalue weighted by Crippen LogP contribution is 2.36. The fourth-order valence-corrected chi connectivity index (χ4v) is 7.22. The van der Waals surface area contributed by atoms with Crippen LogP contribution in [0.2, 0.25) is 38.3 Å². The first-order chi connectivity index (χ1) is 5.27. The minimum Gasteiger partial charge on any atom is -0.465 e. The first-order valence-electron chi connectivity index (χ1n) is 4.43. The van der Waals surface area contributed by atoms with Gasteiger partial charge in [-0.3, -0.25) is 4.79 Å². The number of carbonyl (C=O) groups excluding carboxylic acids is 1. The highest BCUT2D eigenvalue weighted by Gasteiger charge is 2.51. The molecule has 0 saturated carbocycles. The number of cyclic esters (lactones) is 1. The summed E-state index contributed by atoms with van der Waals surface area (Å²) in [4.78, 5) is 11.2. The number of hydrogen-bond donors (Lipinski definition) is 0. The predicted molar refractivity (Wildman–Crippen MR) is 55.5 cm³/mol. The van der Waals surface area contributed by atoms with Gasteiger partial charge in [-0.2, -0.15) is 0 Å². The molecule has 12 heavy (non-hydrogen) atoms. The van der Waals surface area contributed by atoms with Crippen molar-refractivity contribution in [3.05, 3.63) is 0 Å². The van der Waals surface area contributed by atoms with Gasteiger partial charge < -0.3 is 4.74 Å². The van der Waals surface area contributed by atoms with Gasteiger partial charge in [0.25, 0.3) is 0 Å². The van der Waals surface area contributed by atoms with Crippen LogP contribution in [-0.4, -0.2) is 27.8 Å². The number of hydrogen-bond acceptors (Lipinski definition) is 2. The molecule has 0 radical (unpaired) electrons. The average Bonchev–Trinajstić information content (AvgIpc) is 1.81. The molecular formula is C8H18O2Si2. The smallest absolute Gasteiger partial charge is 0.309 e. The van der Waals surface area contributed by atoms with E-state index in [1.807, 2.05) is 0 Å². The standard InChI is InChI=1S/C8H18O2Si2/c1-11(2,3)12(4,5)7-6-10-8(7)9/h7H,6H2,1-5H3. The van der Waals surface area contributed by atoms with Crippen molar-refractivity contribution in [2.24, 2.45) is 0 Å². The first-order valence-corrected chi connectivity index (χ1v) is 12.0. The van der Waals surface area contributed by atoms with Crippen LogP contribution in [0.3, 0.4) is 0 Å². The lowest BCUT2D eigenvalue weighted by Gasteiger charge is -2.44. The second kappa shape index (κ2) is 2.70. The summed E-state index contributed by atoms with van der Waals surface area (Å²) < 4.78 is 4.84. The Balaban J connectivity index is 2.78. The van der Waals surface area contributed by atoms with Crippen LogP contribution in [0, 0.1) is 0 Å². The molecule has 0 bridgehead atoms. The Kier molecular flexibility index (Phi) is 2.25. The molecular weight excluding hydrogens is 184 g/mol. The van der Waals surface area contributed by atoms with E-state index in [9.17, 15) is 4.79 Å². The van der Waals surface area contributed by atoms with E-state index in [0.29, 0.717) is 12.1 Å². The topological polar surface area (TPSA) is 26.3 Å². The molecule has 1 heterocycles. The zero-order chi connectivity index (χ0) is 9.57. The van der Waals surface area contributed by atoms with E-state index in [1.54, 1.807) is 0 Å². The monoisotopic (exact) mass is 202 g/mol. The summed E-state index contributed by atoms with van der Waals surface area (Å²) in [7, 11) is -2.44. The molecule has 0 aliphatic carbocycles. The van der Waals surface area contributed by atoms with Gasteiger partial charge in [-0.05, 0) is 0 Å². The van der Waals surface area contributed by atoms with Crippen LogP contribution in [0.15, 0.2) is 0 Å². The molecule has 0 N–H and O–H groups in total. The van der Waals surface area contributed by atoms with Gasteiger partial charge in [0.15, 0.2) is 0 Å². The second-order valence-electron chi connectivity index (χ2n) is 5.15. The summed E-state index contributed by atoms with van der Waals surface area (Å²) in [5.74, 6) is 0.0640. The number of carbonyl (C=O) groups is 1. The molecule has 0 aromatic carbocycles. The third kappa shape index (κ3) is 1.37. The van der Waals surface area contributed by atoms with Gasteiger partial charge in [-0.25, -0.2) is 0 Å². The Bertz CT molecular complexity index is 206. The van der Waals surface area contributed by atoms with Crippen molar-refractivity contribution < 1.29 is 9.53 Å². The van der Waals surface area contributed by atoms with Crippen molar-refractivity contribution in [3.8, 4) is 0 Å². The third-order valence-corrected chi connectivity index (χ3v) is 22.1. The van der Waals surface area contributed by atoms with Gasteiger partial charge in [0, 0.05) is 7.59 Å². The van der Waals surface area contributed by atoms with Crippen molar-refractivity contribution >= 4 is 21.2 Å². The maximum absolute atomic E-state index is 11.2. The van der Waals surface area contributed by atoms with Crippen LogP contribution >= 0.6 is 0 Å². The normalized spacial score (nSPS) is 24.8. The molecule has 1 aliphatic rings. The van der Waals surface area contributed by atoms with Crippen LogP contribution in [0.5, 0.6) is 0 Å². The number of rotatable bonds is 2. The largest absolute Gasteiger partial charge is 0.465 e. The molecule has 1 fully saturated rings. The molecule has 4 heteroatoms. The summed E-state index contributed by atoms with van der Waals surface area (Å²) in [6.07, 6.45) is 0. The van der Waals surface area contributed by atoms with Crippen molar-refractivity contribution in [2.45, 2.75) is 38.3 Å². The van der Waals surface area contributed by atoms with Gasteiger partial charge in [0.1, 0.15) is 6.61 Å². The Hall–Kier alpha value is -0.0962. The van der Waals surface area contributed by atoms with E-state index < -0.39 is 15.2 Å². The molecule has 1 aliphatic heterocycles. The average molecular weight is 202 g/mol. The lowest BCUT2D eigenvalue weighted by Crippen LogP contribution is -2.61. The van der Waals surface area contributed by atoms with Gasteiger partial charge in [0.2, 0.25) is 0 Å². The minimum absolute atomic E-state index is 0.0640. The van der Waals surface area contributed by atoms with Gasteiger partial charge in [-0.1, -0.05) is 32.7 Å². The summed E-state index contributed by atoms with van der Waals surface area (Å²) >= 11 is 0. The summed E-state index contributed by atoms with van der Waals surface area (Å²) in [6, 6.07) is 0. The Morgan fingerprint density at radius 3 is 1.83 bits per heavy atom. The van der Waals surface area contributed by atoms with Crippen LogP contribution in [-0.2, 0) is 9.53 Å². The van der Waals surface area contributed by atoms with E-state index >= 15 is 0 Å². The molecule has 0 aromatic heterocycles. The zero-order valence-electron chi connectivity index (χ0n) is 8.60. The van der Waals surface area contributed by atoms with Crippen molar-refractivity contribution in [1.82, 2.24) is 0 Å². The Labute approximate surface area is 76.1 Å². The molecule has 0 spiro atoms. The molecule has 70 valence electrons. The highest BCUT2D eigenvalue weighted by molar-refractivity contribution is 7.41. The van der Waals surface area contributed by atoms with E-state index in [-0.39, 0.29) is 5.97 Å². The van der Waals surface area contributed by atoms with Gasteiger partial charge in [0.05, 0.1) is 13.1 Å². The van der Waals surface area contributed by atoms with E-state index in [0.717, 1.165) is 0 Å². The predicted octanol–water partition coefficient (Wildman–Crippen LogP) is 2.04. The highest BCUT2D eigenvalue weighted by atomic mass is 29.3. The SMILES string of the molecule is C[Si](C)(C)[Si](C)(C)C1COC1=O. The molecule has 0 aromatic rings. The third-order valence-electron chi connectivity index (χ3n) is 3.48. The number of esters is 1. The molecule has 2 nitrogen and oxygen atoms in total. The van der Waals surface area contributed by atoms with Gasteiger partial charge in [-0.15, -0.1) is 0 Å². The fraction of sp³-hybridized carbons (Fsp3) is 0.875. The Morgan fingerprint density at radius 2 is 1.75 bits per heavy atom. The fourth-order valence-electron chi connectivity index (χ4n) is 1.26. The van der Waals surface area contributed by atoms with E-state index in [4.69, 9.17) is 4.74 Å². The summed E-state index contributed by atoms with van der Waals surface area (Å²) in [5.41, 5.74) is 0.296. The molecule has 1 atom stereocenters. The maximum Gasteiger partial charge on any atom is 0.309 e. The molecule has 1 rings (SSSR count). The lowest BCUT2D eigenvalue weighted by molar-refractivity contribution is -0.157. The van der Waals surface area contributed by atoms with Crippen molar-refractivity contribution in [3.63, 3.8) is 0 Å². The summed E-state index contributed by atoms with van der Waals surface area (Å²) in [5, 5.41) is 0. The molecule has 0 amide bonds. The zero-order valence-corrected chi connectivity index (χ0v) is 10.6. The van der Waals surface area contributed by atoms with Gasteiger partial charge >= 0.3 is 5.97 Å². The second-order valence-corrected chi connectivity index (χ2v) is 22.2. The van der Waals surface area contributed by atoms with Crippen LogP contribution < -0.4 is 0 Å². The van der Waals surface area contributed by atoms with Crippen LogP contribution in [0.25, 0.3) is 0 Å². The van der Waals surface area contributed by atoms with Crippen LogP contribution in [0.4, 0.5) is 0 Å². The quantitative estimate of drug-likeness (QED) is 0.506. The lowest BCUT2D eigenvalue weighted by atomic mass is 10.4. The molecule has 1 unspecified atom stereocenters. The first kappa shape index (κ1) is 9.99. The van der Waals surface area contributed by atoms with E-state index in [2.05, 4.69) is 32.7 Å². The van der Waals surface area contributed by atoms with Crippen molar-refractivity contribution in [1.29, 1.82) is 0 Å². The van der Waals surface area contributed by atoms with Crippen molar-refractivity contribution in [2.75, 3.05) is 6.61 Å². The van der Waals surface area contributed by atoms with E-state index in [1.165, 1.54) is 0 Å².